The molecule has 1 unspecified atom stereocenters. The van der Waals surface area contributed by atoms with Gasteiger partial charge in [-0.1, -0.05) is 6.07 Å². The van der Waals surface area contributed by atoms with Crippen LogP contribution >= 0.6 is 0 Å². The number of aromatic nitrogens is 3. The molecule has 1 aromatic carbocycles. The Morgan fingerprint density at radius 3 is 2.78 bits per heavy atom. The molecule has 0 spiro atoms. The summed E-state index contributed by atoms with van der Waals surface area (Å²) in [5, 5.41) is 4.00. The molecule has 0 aliphatic carbocycles. The SMILES string of the molecule is COc1ccc(C(C)Nc2ncnc3nc(N)ccc23)cc1F. The highest BCUT2D eigenvalue weighted by molar-refractivity contribution is 5.87. The zero-order valence-corrected chi connectivity index (χ0v) is 12.7. The lowest BCUT2D eigenvalue weighted by atomic mass is 10.1. The molecule has 0 radical (unpaired) electrons. The van der Waals surface area contributed by atoms with Crippen LogP contribution in [0.1, 0.15) is 18.5 Å². The number of nitrogens with zero attached hydrogens (tertiary/aromatic N) is 3. The average Bonchev–Trinajstić information content (AvgIpc) is 2.54. The molecule has 3 rings (SSSR count). The third-order valence-electron chi connectivity index (χ3n) is 3.55. The minimum absolute atomic E-state index is 0.161. The molecule has 118 valence electrons. The van der Waals surface area contributed by atoms with Gasteiger partial charge in [-0.3, -0.25) is 0 Å². The molecule has 6 nitrogen and oxygen atoms in total. The molecule has 0 bridgehead atoms. The lowest BCUT2D eigenvalue weighted by Crippen LogP contribution is -2.09. The van der Waals surface area contributed by atoms with E-state index in [1.807, 2.05) is 6.92 Å². The van der Waals surface area contributed by atoms with Crippen LogP contribution in [0.15, 0.2) is 36.7 Å². The van der Waals surface area contributed by atoms with Gasteiger partial charge in [0, 0.05) is 0 Å². The summed E-state index contributed by atoms with van der Waals surface area (Å²) in [5.74, 6) is 0.826. The molecule has 0 amide bonds. The Morgan fingerprint density at radius 2 is 2.04 bits per heavy atom. The van der Waals surface area contributed by atoms with Crippen molar-refractivity contribution in [1.82, 2.24) is 15.0 Å². The van der Waals surface area contributed by atoms with Crippen LogP contribution in [0.3, 0.4) is 0 Å². The maximum atomic E-state index is 13.8. The molecule has 23 heavy (non-hydrogen) atoms. The summed E-state index contributed by atoms with van der Waals surface area (Å²) >= 11 is 0. The molecule has 0 fully saturated rings. The summed E-state index contributed by atoms with van der Waals surface area (Å²) in [6.07, 6.45) is 1.42. The molecular formula is C16H16FN5O. The monoisotopic (exact) mass is 313 g/mol. The van der Waals surface area contributed by atoms with Crippen LogP contribution in [0.5, 0.6) is 5.75 Å². The largest absolute Gasteiger partial charge is 0.494 e. The van der Waals surface area contributed by atoms with Crippen molar-refractivity contribution in [3.05, 3.63) is 48.0 Å². The number of hydrogen-bond acceptors (Lipinski definition) is 6. The first-order valence-corrected chi connectivity index (χ1v) is 7.05. The van der Waals surface area contributed by atoms with Crippen molar-refractivity contribution >= 4 is 22.7 Å². The van der Waals surface area contributed by atoms with E-state index in [1.165, 1.54) is 19.5 Å². The first-order valence-electron chi connectivity index (χ1n) is 7.05. The molecule has 7 heteroatoms. The molecule has 3 aromatic rings. The van der Waals surface area contributed by atoms with Gasteiger partial charge in [-0.25, -0.2) is 19.3 Å². The molecule has 3 N–H and O–H groups in total. The Hall–Kier alpha value is -2.96. The van der Waals surface area contributed by atoms with E-state index in [2.05, 4.69) is 20.3 Å². The van der Waals surface area contributed by atoms with Crippen LogP contribution in [0.2, 0.25) is 0 Å². The Labute approximate surface area is 132 Å². The summed E-state index contributed by atoms with van der Waals surface area (Å²) < 4.78 is 18.8. The van der Waals surface area contributed by atoms with Crippen molar-refractivity contribution in [2.24, 2.45) is 0 Å². The number of nitrogen functional groups attached to an aromatic ring is 1. The second kappa shape index (κ2) is 6.04. The first-order chi connectivity index (χ1) is 11.1. The van der Waals surface area contributed by atoms with E-state index in [0.717, 1.165) is 10.9 Å². The number of rotatable bonds is 4. The number of ether oxygens (including phenoxy) is 1. The van der Waals surface area contributed by atoms with Crippen LogP contribution in [-0.2, 0) is 0 Å². The topological polar surface area (TPSA) is 86.0 Å². The van der Waals surface area contributed by atoms with E-state index < -0.39 is 5.82 Å². The van der Waals surface area contributed by atoms with E-state index >= 15 is 0 Å². The Bertz CT molecular complexity index is 855. The fourth-order valence-corrected chi connectivity index (χ4v) is 2.31. The van der Waals surface area contributed by atoms with E-state index in [4.69, 9.17) is 10.5 Å². The maximum Gasteiger partial charge on any atom is 0.166 e. The van der Waals surface area contributed by atoms with Gasteiger partial charge in [-0.15, -0.1) is 0 Å². The number of anilines is 2. The van der Waals surface area contributed by atoms with E-state index in [9.17, 15) is 4.39 Å². The zero-order chi connectivity index (χ0) is 16.4. The van der Waals surface area contributed by atoms with Crippen LogP contribution in [0.4, 0.5) is 16.0 Å². The highest BCUT2D eigenvalue weighted by Gasteiger charge is 2.12. The average molecular weight is 313 g/mol. The molecule has 0 aliphatic heterocycles. The smallest absolute Gasteiger partial charge is 0.166 e. The Kier molecular flexibility index (Phi) is 3.92. The normalized spacial score (nSPS) is 12.1. The zero-order valence-electron chi connectivity index (χ0n) is 12.7. The van der Waals surface area contributed by atoms with E-state index in [-0.39, 0.29) is 11.8 Å². The summed E-state index contributed by atoms with van der Waals surface area (Å²) in [5.41, 5.74) is 6.95. The third-order valence-corrected chi connectivity index (χ3v) is 3.55. The van der Waals surface area contributed by atoms with Crippen molar-refractivity contribution in [1.29, 1.82) is 0 Å². The Morgan fingerprint density at radius 1 is 1.22 bits per heavy atom. The third kappa shape index (κ3) is 2.98. The van der Waals surface area contributed by atoms with Gasteiger partial charge in [0.15, 0.2) is 17.2 Å². The standard InChI is InChI=1S/C16H16FN5O/c1-9(10-3-5-13(23-2)12(17)7-10)21-15-11-4-6-14(18)22-16(11)20-8-19-15/h3-9H,1-2H3,(H3,18,19,20,21,22). The van der Waals surface area contributed by atoms with Gasteiger partial charge in [0.1, 0.15) is 18.0 Å². The second-order valence-corrected chi connectivity index (χ2v) is 5.09. The van der Waals surface area contributed by atoms with Crippen LogP contribution in [0, 0.1) is 5.82 Å². The van der Waals surface area contributed by atoms with Crippen LogP contribution in [0.25, 0.3) is 11.0 Å². The minimum atomic E-state index is -0.402. The second-order valence-electron chi connectivity index (χ2n) is 5.09. The highest BCUT2D eigenvalue weighted by Crippen LogP contribution is 2.26. The molecule has 2 heterocycles. The van der Waals surface area contributed by atoms with E-state index in [0.29, 0.717) is 17.3 Å². The predicted molar refractivity (Wildman–Crippen MR) is 86.7 cm³/mol. The summed E-state index contributed by atoms with van der Waals surface area (Å²) in [4.78, 5) is 12.5. The number of halogens is 1. The van der Waals surface area contributed by atoms with Crippen LogP contribution in [-0.4, -0.2) is 22.1 Å². The van der Waals surface area contributed by atoms with Gasteiger partial charge < -0.3 is 15.8 Å². The van der Waals surface area contributed by atoms with Gasteiger partial charge in [0.2, 0.25) is 0 Å². The van der Waals surface area contributed by atoms with Crippen molar-refractivity contribution in [3.8, 4) is 5.75 Å². The van der Waals surface area contributed by atoms with Gasteiger partial charge >= 0.3 is 0 Å². The predicted octanol–water partition coefficient (Wildman–Crippen LogP) is 2.93. The number of nitrogens with one attached hydrogen (secondary N) is 1. The number of benzene rings is 1. The summed E-state index contributed by atoms with van der Waals surface area (Å²) in [7, 11) is 1.44. The maximum absolute atomic E-state index is 13.8. The molecule has 0 saturated heterocycles. The summed E-state index contributed by atoms with van der Waals surface area (Å²) in [6.45, 7) is 1.92. The van der Waals surface area contributed by atoms with Crippen molar-refractivity contribution in [3.63, 3.8) is 0 Å². The molecule has 1 atom stereocenters. The number of hydrogen-bond donors (Lipinski definition) is 2. The van der Waals surface area contributed by atoms with Crippen molar-refractivity contribution in [2.45, 2.75) is 13.0 Å². The number of methoxy groups -OCH3 is 1. The van der Waals surface area contributed by atoms with E-state index in [1.54, 1.807) is 24.3 Å². The molecular weight excluding hydrogens is 297 g/mol. The van der Waals surface area contributed by atoms with Gasteiger partial charge in [-0.2, -0.15) is 0 Å². The molecule has 2 aromatic heterocycles. The fourth-order valence-electron chi connectivity index (χ4n) is 2.31. The first kappa shape index (κ1) is 15.0. The number of nitrogens with two attached hydrogens (primary N) is 1. The quantitative estimate of drug-likeness (QED) is 0.770. The fraction of sp³-hybridized carbons (Fsp3) is 0.188. The lowest BCUT2D eigenvalue weighted by Gasteiger charge is -2.16. The van der Waals surface area contributed by atoms with Gasteiger partial charge in [0.25, 0.3) is 0 Å². The van der Waals surface area contributed by atoms with Crippen molar-refractivity contribution < 1.29 is 9.13 Å². The summed E-state index contributed by atoms with van der Waals surface area (Å²) in [6, 6.07) is 8.18. The van der Waals surface area contributed by atoms with Gasteiger partial charge in [0.05, 0.1) is 18.5 Å². The lowest BCUT2D eigenvalue weighted by molar-refractivity contribution is 0.386. The minimum Gasteiger partial charge on any atom is -0.494 e. The molecule has 0 saturated carbocycles. The molecule has 0 aliphatic rings. The Balaban J connectivity index is 1.91. The highest BCUT2D eigenvalue weighted by atomic mass is 19.1. The number of fused-ring (bicyclic) bond motifs is 1. The van der Waals surface area contributed by atoms with Gasteiger partial charge in [-0.05, 0) is 36.8 Å². The van der Waals surface area contributed by atoms with Crippen molar-refractivity contribution in [2.75, 3.05) is 18.2 Å². The van der Waals surface area contributed by atoms with Crippen LogP contribution < -0.4 is 15.8 Å². The number of pyridine rings is 1.